The van der Waals surface area contributed by atoms with Gasteiger partial charge in [0.25, 0.3) is 0 Å². The Kier molecular flexibility index (Phi) is 2.90. The Hall–Kier alpha value is -1.05. The second kappa shape index (κ2) is 3.96. The average molecular weight is 153 g/mol. The van der Waals surface area contributed by atoms with E-state index < -0.39 is 6.36 Å². The molecule has 2 heteroatoms. The summed E-state index contributed by atoms with van der Waals surface area (Å²) in [6, 6.07) is 9.74. The summed E-state index contributed by atoms with van der Waals surface area (Å²) in [5, 5.41) is 0. The number of alkyl halides is 1. The quantitative estimate of drug-likeness (QED) is 0.648. The third-order valence-corrected chi connectivity index (χ3v) is 1.26. The highest BCUT2D eigenvalue weighted by Gasteiger charge is 2.02. The molecule has 1 aromatic rings. The van der Waals surface area contributed by atoms with Gasteiger partial charge in [-0.1, -0.05) is 25.1 Å². The standard InChI is InChI=1S/C9H10FO/c1-2-9(10)11-8-6-4-3-5-7-8/h3-6,9H,2H2,1H3. The molecule has 1 rings (SSSR count). The molecule has 0 spiro atoms. The first-order chi connectivity index (χ1) is 5.33. The molecule has 0 aromatic heterocycles. The average Bonchev–Trinajstić information content (AvgIpc) is 2.06. The van der Waals surface area contributed by atoms with Crippen LogP contribution >= 0.6 is 0 Å². The molecular weight excluding hydrogens is 143 g/mol. The number of ether oxygens (including phenoxy) is 1. The molecule has 0 saturated carbocycles. The molecule has 1 aromatic carbocycles. The number of para-hydroxylation sites is 1. The van der Waals surface area contributed by atoms with Crippen molar-refractivity contribution in [2.75, 3.05) is 0 Å². The predicted molar refractivity (Wildman–Crippen MR) is 41.1 cm³/mol. The molecule has 0 saturated heterocycles. The molecule has 1 unspecified atom stereocenters. The maximum absolute atomic E-state index is 12.6. The lowest BCUT2D eigenvalue weighted by atomic mass is 10.3. The minimum absolute atomic E-state index is 0.364. The predicted octanol–water partition coefficient (Wildman–Crippen LogP) is 2.57. The Morgan fingerprint density at radius 2 is 2.45 bits per heavy atom. The van der Waals surface area contributed by atoms with E-state index in [0.717, 1.165) is 0 Å². The molecule has 0 aliphatic carbocycles. The zero-order valence-electron chi connectivity index (χ0n) is 6.38. The summed E-state index contributed by atoms with van der Waals surface area (Å²) in [6.45, 7) is 1.73. The van der Waals surface area contributed by atoms with E-state index in [2.05, 4.69) is 6.07 Å². The van der Waals surface area contributed by atoms with Crippen molar-refractivity contribution in [3.63, 3.8) is 0 Å². The van der Waals surface area contributed by atoms with Crippen LogP contribution in [0.25, 0.3) is 0 Å². The van der Waals surface area contributed by atoms with Crippen LogP contribution in [0.1, 0.15) is 13.3 Å². The molecule has 1 nitrogen and oxygen atoms in total. The van der Waals surface area contributed by atoms with Crippen LogP contribution < -0.4 is 4.74 Å². The SMILES string of the molecule is CCC(F)Oc1[c]cccc1. The zero-order valence-corrected chi connectivity index (χ0v) is 6.38. The summed E-state index contributed by atoms with van der Waals surface area (Å²) in [5.41, 5.74) is 0. The second-order valence-electron chi connectivity index (χ2n) is 2.16. The first-order valence-corrected chi connectivity index (χ1v) is 3.60. The minimum atomic E-state index is -1.21. The smallest absolute Gasteiger partial charge is 0.238 e. The van der Waals surface area contributed by atoms with Crippen molar-refractivity contribution < 1.29 is 9.13 Å². The molecule has 0 fully saturated rings. The largest absolute Gasteiger partial charge is 0.460 e. The van der Waals surface area contributed by atoms with Crippen molar-refractivity contribution in [1.82, 2.24) is 0 Å². The highest BCUT2D eigenvalue weighted by atomic mass is 19.1. The van der Waals surface area contributed by atoms with Crippen LogP contribution in [0, 0.1) is 6.07 Å². The van der Waals surface area contributed by atoms with Gasteiger partial charge in [0.05, 0.1) is 0 Å². The number of benzene rings is 1. The van der Waals surface area contributed by atoms with E-state index in [0.29, 0.717) is 12.2 Å². The number of hydrogen-bond acceptors (Lipinski definition) is 1. The monoisotopic (exact) mass is 153 g/mol. The van der Waals surface area contributed by atoms with Crippen molar-refractivity contribution in [3.8, 4) is 5.75 Å². The molecule has 11 heavy (non-hydrogen) atoms. The summed E-state index contributed by atoms with van der Waals surface area (Å²) < 4.78 is 17.4. The van der Waals surface area contributed by atoms with Crippen LogP contribution in [0.5, 0.6) is 5.75 Å². The Balaban J connectivity index is 2.51. The van der Waals surface area contributed by atoms with Crippen LogP contribution in [-0.2, 0) is 0 Å². The van der Waals surface area contributed by atoms with Gasteiger partial charge in [-0.2, -0.15) is 0 Å². The van der Waals surface area contributed by atoms with Crippen LogP contribution in [0.2, 0.25) is 0 Å². The minimum Gasteiger partial charge on any atom is -0.460 e. The van der Waals surface area contributed by atoms with E-state index in [1.54, 1.807) is 25.1 Å². The van der Waals surface area contributed by atoms with Crippen molar-refractivity contribution in [3.05, 3.63) is 30.3 Å². The van der Waals surface area contributed by atoms with E-state index in [1.165, 1.54) is 0 Å². The summed E-state index contributed by atoms with van der Waals surface area (Å²) in [4.78, 5) is 0. The first-order valence-electron chi connectivity index (χ1n) is 3.60. The molecule has 0 aliphatic heterocycles. The van der Waals surface area contributed by atoms with Crippen molar-refractivity contribution in [2.24, 2.45) is 0 Å². The molecule has 1 radical (unpaired) electrons. The van der Waals surface area contributed by atoms with Crippen LogP contribution in [0.4, 0.5) is 4.39 Å². The summed E-state index contributed by atoms with van der Waals surface area (Å²) in [5.74, 6) is 0.460. The topological polar surface area (TPSA) is 9.23 Å². The van der Waals surface area contributed by atoms with E-state index >= 15 is 0 Å². The summed E-state index contributed by atoms with van der Waals surface area (Å²) >= 11 is 0. The van der Waals surface area contributed by atoms with Gasteiger partial charge in [0.1, 0.15) is 5.75 Å². The zero-order chi connectivity index (χ0) is 8.10. The van der Waals surface area contributed by atoms with Gasteiger partial charge in [-0.3, -0.25) is 0 Å². The van der Waals surface area contributed by atoms with Crippen LogP contribution in [0.15, 0.2) is 24.3 Å². The van der Waals surface area contributed by atoms with Gasteiger partial charge in [-0.05, 0) is 6.07 Å². The van der Waals surface area contributed by atoms with Gasteiger partial charge in [0.2, 0.25) is 6.36 Å². The van der Waals surface area contributed by atoms with E-state index in [1.807, 2.05) is 6.07 Å². The highest BCUT2D eigenvalue weighted by Crippen LogP contribution is 2.11. The fourth-order valence-corrected chi connectivity index (χ4v) is 0.671. The third-order valence-electron chi connectivity index (χ3n) is 1.26. The maximum atomic E-state index is 12.6. The molecule has 0 bridgehead atoms. The van der Waals surface area contributed by atoms with Crippen LogP contribution in [0.3, 0.4) is 0 Å². The van der Waals surface area contributed by atoms with Crippen molar-refractivity contribution in [1.29, 1.82) is 0 Å². The normalized spacial score (nSPS) is 12.5. The summed E-state index contributed by atoms with van der Waals surface area (Å²) in [6.07, 6.45) is -0.850. The first kappa shape index (κ1) is 8.05. The van der Waals surface area contributed by atoms with Gasteiger partial charge in [-0.15, -0.1) is 0 Å². The molecule has 0 N–H and O–H groups in total. The second-order valence-corrected chi connectivity index (χ2v) is 2.16. The van der Waals surface area contributed by atoms with E-state index in [9.17, 15) is 4.39 Å². The van der Waals surface area contributed by atoms with E-state index in [-0.39, 0.29) is 0 Å². The lowest BCUT2D eigenvalue weighted by Crippen LogP contribution is -2.07. The molecular formula is C9H10FO. The number of rotatable bonds is 3. The van der Waals surface area contributed by atoms with Gasteiger partial charge in [0, 0.05) is 12.5 Å². The third kappa shape index (κ3) is 2.58. The van der Waals surface area contributed by atoms with Gasteiger partial charge in [0.15, 0.2) is 0 Å². The van der Waals surface area contributed by atoms with Crippen molar-refractivity contribution in [2.45, 2.75) is 19.7 Å². The Bertz CT molecular complexity index is 198. The Labute approximate surface area is 65.8 Å². The van der Waals surface area contributed by atoms with Gasteiger partial charge < -0.3 is 4.74 Å². The van der Waals surface area contributed by atoms with Crippen molar-refractivity contribution >= 4 is 0 Å². The molecule has 1 atom stereocenters. The van der Waals surface area contributed by atoms with Gasteiger partial charge in [-0.25, -0.2) is 4.39 Å². The van der Waals surface area contributed by atoms with E-state index in [4.69, 9.17) is 4.74 Å². The number of halogens is 1. The highest BCUT2D eigenvalue weighted by molar-refractivity contribution is 5.19. The Morgan fingerprint density at radius 1 is 1.64 bits per heavy atom. The lowest BCUT2D eigenvalue weighted by Gasteiger charge is -2.07. The number of hydrogen-bond donors (Lipinski definition) is 0. The summed E-state index contributed by atoms with van der Waals surface area (Å²) in [7, 11) is 0. The molecule has 59 valence electrons. The fourth-order valence-electron chi connectivity index (χ4n) is 0.671. The van der Waals surface area contributed by atoms with Gasteiger partial charge >= 0.3 is 0 Å². The lowest BCUT2D eigenvalue weighted by molar-refractivity contribution is 0.0639. The van der Waals surface area contributed by atoms with Crippen LogP contribution in [-0.4, -0.2) is 6.36 Å². The fraction of sp³-hybridized carbons (Fsp3) is 0.333. The molecule has 0 heterocycles. The maximum Gasteiger partial charge on any atom is 0.238 e. The molecule has 0 aliphatic rings. The molecule has 0 amide bonds. The Morgan fingerprint density at radius 3 is 3.00 bits per heavy atom.